The Morgan fingerprint density at radius 3 is 2.74 bits per heavy atom. The normalized spacial score (nSPS) is 28.4. The first kappa shape index (κ1) is 10.9. The number of likely N-dealkylation sites (tertiary alicyclic amines) is 1. The molecule has 3 heteroatoms. The van der Waals surface area contributed by atoms with Crippen LogP contribution in [0, 0.1) is 5.92 Å². The number of carboxylic acid groups (broad SMARTS) is 1. The molecule has 2 aromatic carbocycles. The van der Waals surface area contributed by atoms with Gasteiger partial charge in [-0.3, -0.25) is 0 Å². The molecule has 0 bridgehead atoms. The highest BCUT2D eigenvalue weighted by molar-refractivity contribution is 5.83. The zero-order valence-corrected chi connectivity index (χ0v) is 10.5. The van der Waals surface area contributed by atoms with E-state index in [1.807, 2.05) is 12.1 Å². The fraction of sp³-hybridized carbons (Fsp3) is 0.312. The Labute approximate surface area is 111 Å². The Balaban J connectivity index is 1.74. The van der Waals surface area contributed by atoms with Gasteiger partial charge in [-0.25, -0.2) is 4.79 Å². The summed E-state index contributed by atoms with van der Waals surface area (Å²) in [5.41, 5.74) is 1.41. The molecule has 0 unspecified atom stereocenters. The number of hydrogen-bond donors (Lipinski definition) is 1. The van der Waals surface area contributed by atoms with Gasteiger partial charge >= 0.3 is 6.09 Å². The average Bonchev–Trinajstić information content (AvgIpc) is 3.00. The van der Waals surface area contributed by atoms with E-state index in [4.69, 9.17) is 5.11 Å². The van der Waals surface area contributed by atoms with Gasteiger partial charge < -0.3 is 10.0 Å². The molecule has 0 radical (unpaired) electrons. The maximum Gasteiger partial charge on any atom is 0.407 e. The fourth-order valence-corrected chi connectivity index (χ4v) is 3.57. The maximum atomic E-state index is 11.1. The highest BCUT2D eigenvalue weighted by Gasteiger charge is 2.61. The third kappa shape index (κ3) is 1.47. The van der Waals surface area contributed by atoms with Crippen LogP contribution in [0.1, 0.15) is 12.0 Å². The number of carbonyl (C=O) groups is 1. The van der Waals surface area contributed by atoms with Crippen LogP contribution < -0.4 is 0 Å². The minimum absolute atomic E-state index is 0.0996. The third-order valence-corrected chi connectivity index (χ3v) is 4.74. The van der Waals surface area contributed by atoms with Crippen LogP contribution in [-0.4, -0.2) is 29.2 Å². The second-order valence-electron chi connectivity index (χ2n) is 5.78. The largest absolute Gasteiger partial charge is 0.465 e. The minimum atomic E-state index is -0.785. The number of nitrogens with zero attached hydrogens (tertiary/aromatic N) is 1. The van der Waals surface area contributed by atoms with Gasteiger partial charge in [0.2, 0.25) is 0 Å². The van der Waals surface area contributed by atoms with E-state index in [0.717, 1.165) is 6.42 Å². The number of hydrogen-bond acceptors (Lipinski definition) is 1. The van der Waals surface area contributed by atoms with Gasteiger partial charge in [0, 0.05) is 18.5 Å². The molecular formula is C16H15NO2. The van der Waals surface area contributed by atoms with Crippen molar-refractivity contribution in [1.29, 1.82) is 0 Å². The van der Waals surface area contributed by atoms with Crippen molar-refractivity contribution in [2.24, 2.45) is 5.92 Å². The van der Waals surface area contributed by atoms with Crippen LogP contribution >= 0.6 is 0 Å². The molecule has 0 spiro atoms. The van der Waals surface area contributed by atoms with Crippen LogP contribution in [-0.2, 0) is 5.41 Å². The van der Waals surface area contributed by atoms with E-state index < -0.39 is 6.09 Å². The van der Waals surface area contributed by atoms with Gasteiger partial charge in [-0.2, -0.15) is 0 Å². The van der Waals surface area contributed by atoms with E-state index in [0.29, 0.717) is 19.0 Å². The van der Waals surface area contributed by atoms with Gasteiger partial charge in [-0.15, -0.1) is 0 Å². The summed E-state index contributed by atoms with van der Waals surface area (Å²) in [5, 5.41) is 11.6. The molecule has 1 heterocycles. The quantitative estimate of drug-likeness (QED) is 0.848. The summed E-state index contributed by atoms with van der Waals surface area (Å²) in [6.07, 6.45) is 0.349. The molecule has 96 valence electrons. The first-order chi connectivity index (χ1) is 9.19. The predicted molar refractivity (Wildman–Crippen MR) is 73.3 cm³/mol. The van der Waals surface area contributed by atoms with E-state index in [2.05, 4.69) is 30.3 Å². The lowest BCUT2D eigenvalue weighted by Gasteiger charge is -2.18. The summed E-state index contributed by atoms with van der Waals surface area (Å²) in [6, 6.07) is 14.9. The van der Waals surface area contributed by atoms with Gasteiger partial charge in [-0.05, 0) is 28.7 Å². The summed E-state index contributed by atoms with van der Waals surface area (Å²) >= 11 is 0. The number of benzene rings is 2. The van der Waals surface area contributed by atoms with Crippen molar-refractivity contribution in [2.45, 2.75) is 11.8 Å². The molecule has 1 saturated heterocycles. The van der Waals surface area contributed by atoms with E-state index >= 15 is 0 Å². The summed E-state index contributed by atoms with van der Waals surface area (Å²) in [4.78, 5) is 12.6. The third-order valence-electron chi connectivity index (χ3n) is 4.74. The predicted octanol–water partition coefficient (Wildman–Crippen LogP) is 3.09. The monoisotopic (exact) mass is 253 g/mol. The van der Waals surface area contributed by atoms with E-state index in [-0.39, 0.29) is 5.41 Å². The molecule has 4 rings (SSSR count). The summed E-state index contributed by atoms with van der Waals surface area (Å²) in [6.45, 7) is 1.35. The first-order valence-electron chi connectivity index (χ1n) is 6.66. The van der Waals surface area contributed by atoms with Crippen molar-refractivity contribution in [3.63, 3.8) is 0 Å². The van der Waals surface area contributed by atoms with Gasteiger partial charge in [0.1, 0.15) is 0 Å². The molecule has 19 heavy (non-hydrogen) atoms. The van der Waals surface area contributed by atoms with Crippen LogP contribution in [0.25, 0.3) is 10.8 Å². The highest BCUT2D eigenvalue weighted by atomic mass is 16.4. The molecule has 3 nitrogen and oxygen atoms in total. The Kier molecular flexibility index (Phi) is 2.00. The molecular weight excluding hydrogens is 238 g/mol. The van der Waals surface area contributed by atoms with E-state index in [1.54, 1.807) is 4.90 Å². The van der Waals surface area contributed by atoms with Crippen molar-refractivity contribution in [1.82, 2.24) is 4.90 Å². The van der Waals surface area contributed by atoms with Crippen LogP contribution in [0.4, 0.5) is 4.79 Å². The molecule has 1 N–H and O–H groups in total. The zero-order chi connectivity index (χ0) is 13.0. The molecule has 1 aliphatic carbocycles. The Morgan fingerprint density at radius 2 is 2.00 bits per heavy atom. The topological polar surface area (TPSA) is 40.5 Å². The maximum absolute atomic E-state index is 11.1. The lowest BCUT2D eigenvalue weighted by atomic mass is 9.93. The van der Waals surface area contributed by atoms with Crippen LogP contribution in [0.2, 0.25) is 0 Å². The second kappa shape index (κ2) is 3.50. The molecule has 1 amide bonds. The molecule has 0 aromatic heterocycles. The van der Waals surface area contributed by atoms with Crippen molar-refractivity contribution >= 4 is 16.9 Å². The molecule has 1 aliphatic heterocycles. The first-order valence-corrected chi connectivity index (χ1v) is 6.66. The van der Waals surface area contributed by atoms with Gasteiger partial charge in [0.25, 0.3) is 0 Å². The van der Waals surface area contributed by atoms with Crippen LogP contribution in [0.3, 0.4) is 0 Å². The lowest BCUT2D eigenvalue weighted by Crippen LogP contribution is -2.31. The van der Waals surface area contributed by atoms with Crippen LogP contribution in [0.15, 0.2) is 42.5 Å². The smallest absolute Gasteiger partial charge is 0.407 e. The van der Waals surface area contributed by atoms with Crippen molar-refractivity contribution in [2.75, 3.05) is 13.1 Å². The average molecular weight is 253 g/mol. The molecule has 2 fully saturated rings. The number of fused-ring (bicyclic) bond motifs is 2. The molecule has 1 saturated carbocycles. The number of rotatable bonds is 1. The molecule has 2 aromatic rings. The summed E-state index contributed by atoms with van der Waals surface area (Å²) in [7, 11) is 0. The Bertz CT molecular complexity index is 681. The standard InChI is InChI=1S/C16H15NO2/c18-15(19)17-9-14-8-16(14,10-17)13-6-5-11-3-1-2-4-12(11)7-13/h1-7,14H,8-10H2,(H,18,19)/t14-,16+/m1/s1. The fourth-order valence-electron chi connectivity index (χ4n) is 3.57. The van der Waals surface area contributed by atoms with E-state index in [9.17, 15) is 4.79 Å². The zero-order valence-electron chi connectivity index (χ0n) is 10.5. The van der Waals surface area contributed by atoms with Gasteiger partial charge in [-0.1, -0.05) is 42.5 Å². The minimum Gasteiger partial charge on any atom is -0.465 e. The Hall–Kier alpha value is -2.03. The van der Waals surface area contributed by atoms with Crippen molar-refractivity contribution in [3.05, 3.63) is 48.0 Å². The lowest BCUT2D eigenvalue weighted by molar-refractivity contribution is 0.150. The molecule has 2 aliphatic rings. The summed E-state index contributed by atoms with van der Waals surface area (Å²) < 4.78 is 0. The number of piperidine rings is 1. The SMILES string of the molecule is O=C(O)N1C[C@H]2C[C@@]2(c2ccc3ccccc3c2)C1. The Morgan fingerprint density at radius 1 is 1.21 bits per heavy atom. The van der Waals surface area contributed by atoms with Crippen molar-refractivity contribution in [3.8, 4) is 0 Å². The van der Waals surface area contributed by atoms with Gasteiger partial charge in [0.15, 0.2) is 0 Å². The van der Waals surface area contributed by atoms with E-state index in [1.165, 1.54) is 16.3 Å². The van der Waals surface area contributed by atoms with Crippen molar-refractivity contribution < 1.29 is 9.90 Å². The second-order valence-corrected chi connectivity index (χ2v) is 5.78. The number of amides is 1. The van der Waals surface area contributed by atoms with Gasteiger partial charge in [0.05, 0.1) is 0 Å². The molecule has 2 atom stereocenters. The summed E-state index contributed by atoms with van der Waals surface area (Å²) in [5.74, 6) is 0.518. The van der Waals surface area contributed by atoms with Crippen LogP contribution in [0.5, 0.6) is 0 Å². The highest BCUT2D eigenvalue weighted by Crippen LogP contribution is 2.59.